The zero-order chi connectivity index (χ0) is 24.7. The summed E-state index contributed by atoms with van der Waals surface area (Å²) in [5.74, 6) is 0.203. The number of nitrogens with zero attached hydrogens (tertiary/aromatic N) is 3. The molecule has 4 rings (SSSR count). The first kappa shape index (κ1) is 24.3. The van der Waals surface area contributed by atoms with Gasteiger partial charge in [-0.05, 0) is 48.9 Å². The quantitative estimate of drug-likeness (QED) is 0.470. The first-order chi connectivity index (χ1) is 15.9. The third-order valence-electron chi connectivity index (χ3n) is 6.44. The van der Waals surface area contributed by atoms with Crippen LogP contribution in [0.2, 0.25) is 0 Å². The fourth-order valence-electron chi connectivity index (χ4n) is 4.74. The molecule has 2 N–H and O–H groups in total. The lowest BCUT2D eigenvalue weighted by Gasteiger charge is -2.38. The molecule has 6 nitrogen and oxygen atoms in total. The first-order valence-corrected chi connectivity index (χ1v) is 11.1. The van der Waals surface area contributed by atoms with E-state index in [-0.39, 0.29) is 17.0 Å². The summed E-state index contributed by atoms with van der Waals surface area (Å²) < 4.78 is 61.8. The normalized spacial score (nSPS) is 16.8. The molecule has 1 saturated heterocycles. The highest BCUT2D eigenvalue weighted by Crippen LogP contribution is 2.45. The Morgan fingerprint density at radius 3 is 2.50 bits per heavy atom. The van der Waals surface area contributed by atoms with Crippen LogP contribution in [-0.2, 0) is 11.8 Å². The molecule has 1 fully saturated rings. The fraction of sp³-hybridized carbons (Fsp3) is 0.500. The van der Waals surface area contributed by atoms with E-state index >= 15 is 0 Å². The van der Waals surface area contributed by atoms with Gasteiger partial charge in [0.05, 0.1) is 24.3 Å². The Bertz CT molecular complexity index is 1170. The van der Waals surface area contributed by atoms with Crippen LogP contribution in [0.4, 0.5) is 23.5 Å². The highest BCUT2D eigenvalue weighted by Gasteiger charge is 2.56. The molecule has 0 spiro atoms. The van der Waals surface area contributed by atoms with Crippen LogP contribution >= 0.6 is 0 Å². The van der Waals surface area contributed by atoms with E-state index < -0.39 is 35.9 Å². The minimum absolute atomic E-state index is 0.185. The highest BCUT2D eigenvalue weighted by atomic mass is 19.4. The van der Waals surface area contributed by atoms with Gasteiger partial charge in [0.1, 0.15) is 11.6 Å². The standard InChI is InChI=1S/C24H28F4N4O2/c1-22(2,17-10-15(25)6-7-20(17)34-3)14-23(33,24(26,27)28)12-16-11-18-19(30-16)13-29-21(31-18)32-8-4-5-9-32/h6-7,10-11,13,30,33H,4-5,8-9,12,14H2,1-3H3. The molecule has 10 heteroatoms. The van der Waals surface area contributed by atoms with Gasteiger partial charge in [0.15, 0.2) is 5.60 Å². The SMILES string of the molecule is COc1ccc(F)cc1C(C)(C)CC(O)(Cc1cc2nc(N3CCCC3)ncc2[nH]1)C(F)(F)F. The zero-order valence-corrected chi connectivity index (χ0v) is 19.3. The number of aromatic nitrogens is 3. The average molecular weight is 481 g/mol. The second-order valence-corrected chi connectivity index (χ2v) is 9.57. The van der Waals surface area contributed by atoms with Crippen molar-refractivity contribution in [2.45, 2.75) is 56.7 Å². The fourth-order valence-corrected chi connectivity index (χ4v) is 4.74. The molecule has 0 saturated carbocycles. The molecule has 1 unspecified atom stereocenters. The predicted octanol–water partition coefficient (Wildman–Crippen LogP) is 4.91. The molecular weight excluding hydrogens is 452 g/mol. The van der Waals surface area contributed by atoms with Gasteiger partial charge in [0.25, 0.3) is 0 Å². The summed E-state index contributed by atoms with van der Waals surface area (Å²) in [6.07, 6.45) is -2.72. The van der Waals surface area contributed by atoms with Gasteiger partial charge < -0.3 is 19.7 Å². The number of aliphatic hydroxyl groups is 1. The number of methoxy groups -OCH3 is 1. The maximum atomic E-state index is 14.2. The highest BCUT2D eigenvalue weighted by molar-refractivity contribution is 5.76. The number of benzene rings is 1. The van der Waals surface area contributed by atoms with Crippen molar-refractivity contribution in [2.75, 3.05) is 25.1 Å². The first-order valence-electron chi connectivity index (χ1n) is 11.1. The van der Waals surface area contributed by atoms with Gasteiger partial charge in [0.2, 0.25) is 5.95 Å². The molecule has 0 amide bonds. The van der Waals surface area contributed by atoms with E-state index in [0.29, 0.717) is 17.0 Å². The van der Waals surface area contributed by atoms with Crippen LogP contribution in [0.15, 0.2) is 30.5 Å². The number of anilines is 1. The Kier molecular flexibility index (Phi) is 6.22. The molecule has 1 atom stereocenters. The number of hydrogen-bond donors (Lipinski definition) is 2. The van der Waals surface area contributed by atoms with E-state index in [2.05, 4.69) is 15.0 Å². The molecule has 1 aliphatic rings. The molecular formula is C24H28F4N4O2. The number of hydrogen-bond acceptors (Lipinski definition) is 5. The third-order valence-corrected chi connectivity index (χ3v) is 6.44. The zero-order valence-electron chi connectivity index (χ0n) is 19.3. The van der Waals surface area contributed by atoms with Crippen LogP contribution in [0.25, 0.3) is 11.0 Å². The maximum absolute atomic E-state index is 14.2. The van der Waals surface area contributed by atoms with Crippen molar-refractivity contribution < 1.29 is 27.4 Å². The summed E-state index contributed by atoms with van der Waals surface area (Å²) >= 11 is 0. The van der Waals surface area contributed by atoms with Crippen molar-refractivity contribution in [1.82, 2.24) is 15.0 Å². The van der Waals surface area contributed by atoms with E-state index in [1.165, 1.54) is 39.2 Å². The largest absolute Gasteiger partial charge is 0.496 e. The number of H-pyrrole nitrogens is 1. The Morgan fingerprint density at radius 1 is 1.15 bits per heavy atom. The van der Waals surface area contributed by atoms with Crippen molar-refractivity contribution in [3.63, 3.8) is 0 Å². The number of nitrogens with one attached hydrogen (secondary N) is 1. The van der Waals surface area contributed by atoms with E-state index in [0.717, 1.165) is 32.0 Å². The summed E-state index contributed by atoms with van der Waals surface area (Å²) in [6.45, 7) is 4.74. The molecule has 0 radical (unpaired) electrons. The summed E-state index contributed by atoms with van der Waals surface area (Å²) in [6, 6.07) is 5.21. The number of halogens is 4. The third kappa shape index (κ3) is 4.68. The molecule has 3 heterocycles. The van der Waals surface area contributed by atoms with Crippen LogP contribution in [-0.4, -0.2) is 52.0 Å². The minimum Gasteiger partial charge on any atom is -0.496 e. The monoisotopic (exact) mass is 480 g/mol. The van der Waals surface area contributed by atoms with Crippen molar-refractivity contribution in [3.05, 3.63) is 47.5 Å². The van der Waals surface area contributed by atoms with E-state index in [9.17, 15) is 22.7 Å². The Morgan fingerprint density at radius 2 is 1.85 bits per heavy atom. The lowest BCUT2D eigenvalue weighted by Crippen LogP contribution is -2.51. The summed E-state index contributed by atoms with van der Waals surface area (Å²) in [5.41, 5.74) is -2.93. The van der Waals surface area contributed by atoms with Crippen LogP contribution in [0.3, 0.4) is 0 Å². The Balaban J connectivity index is 1.65. The van der Waals surface area contributed by atoms with Gasteiger partial charge in [0, 0.05) is 30.8 Å². The van der Waals surface area contributed by atoms with E-state index in [1.54, 1.807) is 6.20 Å². The topological polar surface area (TPSA) is 74.3 Å². The van der Waals surface area contributed by atoms with Gasteiger partial charge in [-0.3, -0.25) is 0 Å². The molecule has 1 aromatic carbocycles. The number of ether oxygens (including phenoxy) is 1. The number of rotatable bonds is 7. The van der Waals surface area contributed by atoms with Crippen molar-refractivity contribution in [1.29, 1.82) is 0 Å². The molecule has 0 bridgehead atoms. The summed E-state index contributed by atoms with van der Waals surface area (Å²) in [4.78, 5) is 13.8. The van der Waals surface area contributed by atoms with Crippen molar-refractivity contribution >= 4 is 17.0 Å². The van der Waals surface area contributed by atoms with Crippen LogP contribution in [0.5, 0.6) is 5.75 Å². The Hall–Kier alpha value is -2.88. The van der Waals surface area contributed by atoms with Gasteiger partial charge in [-0.25, -0.2) is 14.4 Å². The molecule has 3 aromatic rings. The van der Waals surface area contributed by atoms with Gasteiger partial charge in [-0.15, -0.1) is 0 Å². The maximum Gasteiger partial charge on any atom is 0.417 e. The predicted molar refractivity (Wildman–Crippen MR) is 121 cm³/mol. The van der Waals surface area contributed by atoms with Crippen LogP contribution < -0.4 is 9.64 Å². The second kappa shape index (κ2) is 8.72. The van der Waals surface area contributed by atoms with Gasteiger partial charge >= 0.3 is 6.18 Å². The molecule has 0 aliphatic carbocycles. The van der Waals surface area contributed by atoms with Gasteiger partial charge in [-0.1, -0.05) is 13.8 Å². The summed E-state index contributed by atoms with van der Waals surface area (Å²) in [7, 11) is 1.37. The molecule has 1 aliphatic heterocycles. The lowest BCUT2D eigenvalue weighted by atomic mass is 9.73. The van der Waals surface area contributed by atoms with Gasteiger partial charge in [-0.2, -0.15) is 13.2 Å². The second-order valence-electron chi connectivity index (χ2n) is 9.57. The lowest BCUT2D eigenvalue weighted by molar-refractivity contribution is -0.266. The average Bonchev–Trinajstić information content (AvgIpc) is 3.41. The van der Waals surface area contributed by atoms with Crippen LogP contribution in [0, 0.1) is 5.82 Å². The smallest absolute Gasteiger partial charge is 0.417 e. The van der Waals surface area contributed by atoms with Crippen molar-refractivity contribution in [2.24, 2.45) is 0 Å². The Labute approximate surface area is 195 Å². The number of fused-ring (bicyclic) bond motifs is 1. The van der Waals surface area contributed by atoms with Crippen LogP contribution in [0.1, 0.15) is 44.4 Å². The molecule has 184 valence electrons. The van der Waals surface area contributed by atoms with E-state index in [4.69, 9.17) is 4.74 Å². The van der Waals surface area contributed by atoms with E-state index in [1.807, 2.05) is 4.90 Å². The molecule has 34 heavy (non-hydrogen) atoms. The molecule has 2 aromatic heterocycles. The van der Waals surface area contributed by atoms with Crippen molar-refractivity contribution in [3.8, 4) is 5.75 Å². The minimum atomic E-state index is -4.94. The summed E-state index contributed by atoms with van der Waals surface area (Å²) in [5, 5.41) is 11.0. The number of aromatic amines is 1. The number of alkyl halides is 3.